The number of nitrogens with zero attached hydrogens (tertiary/aromatic N) is 1. The minimum Gasteiger partial charge on any atom is -0.229 e. The van der Waals surface area contributed by atoms with E-state index in [4.69, 9.17) is 0 Å². The van der Waals surface area contributed by atoms with Crippen LogP contribution in [0, 0.1) is 6.92 Å². The molecule has 0 spiro atoms. The van der Waals surface area contributed by atoms with E-state index >= 15 is 0 Å². The Morgan fingerprint density at radius 2 is 2.08 bits per heavy atom. The van der Waals surface area contributed by atoms with Crippen molar-refractivity contribution < 1.29 is 0 Å². The van der Waals surface area contributed by atoms with Crippen LogP contribution in [0.3, 0.4) is 0 Å². The van der Waals surface area contributed by atoms with Gasteiger partial charge in [-0.2, -0.15) is 0 Å². The molecule has 0 fully saturated rings. The third-order valence-electron chi connectivity index (χ3n) is 1.72. The van der Waals surface area contributed by atoms with Crippen molar-refractivity contribution in [2.45, 2.75) is 6.92 Å². The lowest BCUT2D eigenvalue weighted by molar-refractivity contribution is 1.38. The molecular weight excluding hydrogens is 302 g/mol. The average molecular weight is 307 g/mol. The van der Waals surface area contributed by atoms with Crippen molar-refractivity contribution in [1.82, 2.24) is 4.98 Å². The zero-order chi connectivity index (χ0) is 8.72. The second-order valence-electron chi connectivity index (χ2n) is 2.49. The van der Waals surface area contributed by atoms with E-state index in [-0.39, 0.29) is 0 Å². The van der Waals surface area contributed by atoms with Crippen LogP contribution >= 0.6 is 43.2 Å². The first-order valence-corrected chi connectivity index (χ1v) is 5.80. The van der Waals surface area contributed by atoms with Gasteiger partial charge in [0.2, 0.25) is 0 Å². The number of thiazole rings is 1. The molecule has 0 saturated carbocycles. The first-order chi connectivity index (χ1) is 5.68. The molecule has 0 atom stereocenters. The summed E-state index contributed by atoms with van der Waals surface area (Å²) in [5, 5.41) is 0. The predicted octanol–water partition coefficient (Wildman–Crippen LogP) is 4.13. The summed E-state index contributed by atoms with van der Waals surface area (Å²) in [5.74, 6) is 0. The maximum absolute atomic E-state index is 4.38. The molecule has 0 unspecified atom stereocenters. The standard InChI is InChI=1S/C8H5Br2NS/c1-4-5(9)2-3-6-7(4)11-8(10)12-6/h2-3H,1H3. The number of hydrogen-bond acceptors (Lipinski definition) is 2. The molecule has 12 heavy (non-hydrogen) atoms. The highest BCUT2D eigenvalue weighted by atomic mass is 79.9. The Morgan fingerprint density at radius 3 is 2.83 bits per heavy atom. The van der Waals surface area contributed by atoms with E-state index in [0.29, 0.717) is 0 Å². The smallest absolute Gasteiger partial charge is 0.160 e. The second kappa shape index (κ2) is 3.09. The molecule has 0 aliphatic heterocycles. The summed E-state index contributed by atoms with van der Waals surface area (Å²) in [6, 6.07) is 4.14. The van der Waals surface area contributed by atoms with Crippen LogP contribution in [0.5, 0.6) is 0 Å². The van der Waals surface area contributed by atoms with Gasteiger partial charge in [0.25, 0.3) is 0 Å². The number of aryl methyl sites for hydroxylation is 1. The molecule has 1 nitrogen and oxygen atoms in total. The Balaban J connectivity index is 2.89. The Labute approximate surface area is 91.1 Å². The summed E-state index contributed by atoms with van der Waals surface area (Å²) >= 11 is 8.51. The van der Waals surface area contributed by atoms with Gasteiger partial charge >= 0.3 is 0 Å². The van der Waals surface area contributed by atoms with Gasteiger partial charge in [0.15, 0.2) is 3.92 Å². The van der Waals surface area contributed by atoms with E-state index in [9.17, 15) is 0 Å². The number of fused-ring (bicyclic) bond motifs is 1. The van der Waals surface area contributed by atoms with Crippen LogP contribution in [0.15, 0.2) is 20.5 Å². The fourth-order valence-corrected chi connectivity index (χ4v) is 2.84. The van der Waals surface area contributed by atoms with E-state index in [2.05, 4.69) is 55.9 Å². The topological polar surface area (TPSA) is 12.9 Å². The molecule has 1 aromatic heterocycles. The monoisotopic (exact) mass is 305 g/mol. The summed E-state index contributed by atoms with van der Waals surface area (Å²) in [7, 11) is 0. The molecule has 62 valence electrons. The van der Waals surface area contributed by atoms with Crippen LogP contribution in [0.25, 0.3) is 10.2 Å². The fraction of sp³-hybridized carbons (Fsp3) is 0.125. The molecule has 0 radical (unpaired) electrons. The number of benzene rings is 1. The molecule has 4 heteroatoms. The highest BCUT2D eigenvalue weighted by molar-refractivity contribution is 9.11. The van der Waals surface area contributed by atoms with Crippen LogP contribution < -0.4 is 0 Å². The van der Waals surface area contributed by atoms with E-state index < -0.39 is 0 Å². The minimum atomic E-state index is 0.943. The summed E-state index contributed by atoms with van der Waals surface area (Å²) < 4.78 is 3.29. The van der Waals surface area contributed by atoms with Crippen molar-refractivity contribution in [2.24, 2.45) is 0 Å². The van der Waals surface area contributed by atoms with Gasteiger partial charge in [-0.1, -0.05) is 15.9 Å². The number of aromatic nitrogens is 1. The first kappa shape index (κ1) is 8.66. The fourth-order valence-electron chi connectivity index (χ4n) is 1.07. The average Bonchev–Trinajstić information content (AvgIpc) is 2.39. The quantitative estimate of drug-likeness (QED) is 0.713. The molecule has 0 saturated heterocycles. The minimum absolute atomic E-state index is 0.943. The third-order valence-corrected chi connectivity index (χ3v) is 4.05. The highest BCUT2D eigenvalue weighted by Crippen LogP contribution is 2.31. The SMILES string of the molecule is Cc1c(Br)ccc2sc(Br)nc12. The molecular formula is C8H5Br2NS. The molecule has 1 aromatic carbocycles. The molecule has 0 N–H and O–H groups in total. The summed E-state index contributed by atoms with van der Waals surface area (Å²) in [5.41, 5.74) is 2.29. The van der Waals surface area contributed by atoms with Crippen molar-refractivity contribution in [2.75, 3.05) is 0 Å². The number of halogens is 2. The van der Waals surface area contributed by atoms with Gasteiger partial charge in [-0.25, -0.2) is 4.98 Å². The van der Waals surface area contributed by atoms with Crippen molar-refractivity contribution in [3.63, 3.8) is 0 Å². The van der Waals surface area contributed by atoms with Gasteiger partial charge in [-0.05, 0) is 40.5 Å². The van der Waals surface area contributed by atoms with E-state index in [1.807, 2.05) is 0 Å². The van der Waals surface area contributed by atoms with Crippen LogP contribution in [0.2, 0.25) is 0 Å². The van der Waals surface area contributed by atoms with E-state index in [1.165, 1.54) is 10.3 Å². The Kier molecular flexibility index (Phi) is 2.23. The zero-order valence-corrected chi connectivity index (χ0v) is 10.3. The summed E-state index contributed by atoms with van der Waals surface area (Å²) in [6.45, 7) is 2.07. The Hall–Kier alpha value is 0.0700. The van der Waals surface area contributed by atoms with Crippen molar-refractivity contribution in [1.29, 1.82) is 0 Å². The van der Waals surface area contributed by atoms with Crippen LogP contribution in [0.1, 0.15) is 5.56 Å². The van der Waals surface area contributed by atoms with E-state index in [0.717, 1.165) is 13.9 Å². The summed E-state index contributed by atoms with van der Waals surface area (Å²) in [4.78, 5) is 4.38. The molecule has 0 bridgehead atoms. The normalized spacial score (nSPS) is 10.9. The van der Waals surface area contributed by atoms with Crippen molar-refractivity contribution >= 4 is 53.4 Å². The molecule has 0 amide bonds. The van der Waals surface area contributed by atoms with Crippen molar-refractivity contribution in [3.05, 3.63) is 26.1 Å². The van der Waals surface area contributed by atoms with Gasteiger partial charge in [-0.15, -0.1) is 11.3 Å². The Bertz CT molecular complexity index is 436. The van der Waals surface area contributed by atoms with Gasteiger partial charge in [0.05, 0.1) is 10.2 Å². The first-order valence-electron chi connectivity index (χ1n) is 3.39. The van der Waals surface area contributed by atoms with E-state index in [1.54, 1.807) is 11.3 Å². The number of rotatable bonds is 0. The lowest BCUT2D eigenvalue weighted by atomic mass is 10.2. The molecule has 0 aliphatic carbocycles. The van der Waals surface area contributed by atoms with Crippen molar-refractivity contribution in [3.8, 4) is 0 Å². The maximum Gasteiger partial charge on any atom is 0.160 e. The lowest BCUT2D eigenvalue weighted by Gasteiger charge is -1.96. The lowest BCUT2D eigenvalue weighted by Crippen LogP contribution is -1.77. The van der Waals surface area contributed by atoms with Crippen LogP contribution in [-0.2, 0) is 0 Å². The second-order valence-corrected chi connectivity index (χ2v) is 5.65. The molecule has 0 aliphatic rings. The molecule has 2 aromatic rings. The molecule has 2 rings (SSSR count). The number of hydrogen-bond donors (Lipinski definition) is 0. The third kappa shape index (κ3) is 1.32. The van der Waals surface area contributed by atoms with Gasteiger partial charge in [0, 0.05) is 4.47 Å². The maximum atomic E-state index is 4.38. The largest absolute Gasteiger partial charge is 0.229 e. The van der Waals surface area contributed by atoms with Gasteiger partial charge in [0.1, 0.15) is 0 Å². The summed E-state index contributed by atoms with van der Waals surface area (Å²) in [6.07, 6.45) is 0. The van der Waals surface area contributed by atoms with Gasteiger partial charge < -0.3 is 0 Å². The van der Waals surface area contributed by atoms with Crippen LogP contribution in [-0.4, -0.2) is 4.98 Å². The van der Waals surface area contributed by atoms with Crippen LogP contribution in [0.4, 0.5) is 0 Å². The zero-order valence-electron chi connectivity index (χ0n) is 6.27. The predicted molar refractivity (Wildman–Crippen MR) is 59.8 cm³/mol. The highest BCUT2D eigenvalue weighted by Gasteiger charge is 2.05. The Morgan fingerprint density at radius 1 is 1.33 bits per heavy atom. The van der Waals surface area contributed by atoms with Gasteiger partial charge in [-0.3, -0.25) is 0 Å². The molecule has 1 heterocycles.